The van der Waals surface area contributed by atoms with E-state index in [-0.39, 0.29) is 0 Å². The van der Waals surface area contributed by atoms with Crippen LogP contribution in [0.2, 0.25) is 0 Å². The second-order valence-electron chi connectivity index (χ2n) is 4.38. The highest BCUT2D eigenvalue weighted by Crippen LogP contribution is 2.45. The second-order valence-corrected chi connectivity index (χ2v) is 9.48. The Bertz CT molecular complexity index is 153. The molecule has 0 aliphatic carbocycles. The zero-order chi connectivity index (χ0) is 9.97. The molecule has 2 heterocycles. The van der Waals surface area contributed by atoms with E-state index in [4.69, 9.17) is 0 Å². The molecule has 14 heavy (non-hydrogen) atoms. The first-order chi connectivity index (χ1) is 6.79. The molecule has 0 radical (unpaired) electrons. The van der Waals surface area contributed by atoms with Gasteiger partial charge in [-0.05, 0) is 23.7 Å². The SMILES string of the molecule is CC(C1CSSC1)C(C)C1CSSC1. The molecule has 2 fully saturated rings. The van der Waals surface area contributed by atoms with E-state index in [2.05, 4.69) is 57.0 Å². The van der Waals surface area contributed by atoms with Crippen LogP contribution in [0.15, 0.2) is 0 Å². The number of hydrogen-bond donors (Lipinski definition) is 0. The minimum Gasteiger partial charge on any atom is -0.0938 e. The summed E-state index contributed by atoms with van der Waals surface area (Å²) >= 11 is 0. The fraction of sp³-hybridized carbons (Fsp3) is 1.00. The predicted molar refractivity (Wildman–Crippen MR) is 75.1 cm³/mol. The molecule has 82 valence electrons. The molecule has 0 aromatic rings. The third-order valence-electron chi connectivity index (χ3n) is 3.61. The average molecular weight is 267 g/mol. The van der Waals surface area contributed by atoms with Crippen molar-refractivity contribution in [1.29, 1.82) is 0 Å². The van der Waals surface area contributed by atoms with Gasteiger partial charge in [0.2, 0.25) is 0 Å². The summed E-state index contributed by atoms with van der Waals surface area (Å²) in [6.45, 7) is 4.96. The molecular formula is C10H18S4. The lowest BCUT2D eigenvalue weighted by atomic mass is 9.79. The summed E-state index contributed by atoms with van der Waals surface area (Å²) in [5.74, 6) is 9.40. The summed E-state index contributed by atoms with van der Waals surface area (Å²) in [5.41, 5.74) is 0. The maximum atomic E-state index is 2.48. The van der Waals surface area contributed by atoms with E-state index in [1.807, 2.05) is 0 Å². The third-order valence-corrected chi connectivity index (χ3v) is 8.83. The van der Waals surface area contributed by atoms with E-state index in [9.17, 15) is 0 Å². The first-order valence-corrected chi connectivity index (χ1v) is 10.3. The molecule has 0 N–H and O–H groups in total. The minimum atomic E-state index is 0.932. The highest BCUT2D eigenvalue weighted by Gasteiger charge is 2.32. The van der Waals surface area contributed by atoms with E-state index in [1.165, 1.54) is 23.0 Å². The fourth-order valence-corrected chi connectivity index (χ4v) is 8.42. The molecule has 0 spiro atoms. The molecule has 4 heteroatoms. The van der Waals surface area contributed by atoms with E-state index in [0.717, 1.165) is 23.7 Å². The summed E-state index contributed by atoms with van der Waals surface area (Å²) in [4.78, 5) is 0. The highest BCUT2D eigenvalue weighted by molar-refractivity contribution is 8.77. The Morgan fingerprint density at radius 2 is 1.00 bits per heavy atom. The van der Waals surface area contributed by atoms with Crippen LogP contribution in [0.25, 0.3) is 0 Å². The normalized spacial score (nSPS) is 29.6. The van der Waals surface area contributed by atoms with Crippen molar-refractivity contribution in [2.45, 2.75) is 13.8 Å². The molecule has 2 unspecified atom stereocenters. The van der Waals surface area contributed by atoms with Gasteiger partial charge in [-0.2, -0.15) is 0 Å². The highest BCUT2D eigenvalue weighted by atomic mass is 33.1. The lowest BCUT2D eigenvalue weighted by Gasteiger charge is -2.28. The van der Waals surface area contributed by atoms with Crippen molar-refractivity contribution in [2.24, 2.45) is 23.7 Å². The Morgan fingerprint density at radius 1 is 0.714 bits per heavy atom. The lowest BCUT2D eigenvalue weighted by Crippen LogP contribution is -2.27. The first-order valence-electron chi connectivity index (χ1n) is 5.28. The molecule has 2 aliphatic heterocycles. The van der Waals surface area contributed by atoms with Crippen molar-refractivity contribution >= 4 is 43.2 Å². The van der Waals surface area contributed by atoms with Crippen LogP contribution in [0.3, 0.4) is 0 Å². The standard InChI is InChI=1S/C10H18S4/c1-7(9-3-11-12-4-9)8(2)10-5-13-14-6-10/h7-10H,3-6H2,1-2H3. The summed E-state index contributed by atoms with van der Waals surface area (Å²) in [5, 5.41) is 0. The largest absolute Gasteiger partial charge is 0.0938 e. The quantitative estimate of drug-likeness (QED) is 0.699. The fourth-order valence-electron chi connectivity index (χ4n) is 2.10. The van der Waals surface area contributed by atoms with Crippen LogP contribution in [0, 0.1) is 23.7 Å². The van der Waals surface area contributed by atoms with Gasteiger partial charge in [-0.15, -0.1) is 0 Å². The Balaban J connectivity index is 1.85. The van der Waals surface area contributed by atoms with Crippen LogP contribution in [-0.2, 0) is 0 Å². The van der Waals surface area contributed by atoms with E-state index in [1.54, 1.807) is 0 Å². The van der Waals surface area contributed by atoms with Gasteiger partial charge in [0.25, 0.3) is 0 Å². The van der Waals surface area contributed by atoms with E-state index in [0.29, 0.717) is 0 Å². The summed E-state index contributed by atoms with van der Waals surface area (Å²) in [7, 11) is 8.31. The van der Waals surface area contributed by atoms with Gasteiger partial charge in [0.1, 0.15) is 0 Å². The average Bonchev–Trinajstić information content (AvgIpc) is 2.87. The van der Waals surface area contributed by atoms with Gasteiger partial charge in [-0.3, -0.25) is 0 Å². The van der Waals surface area contributed by atoms with Gasteiger partial charge in [-0.25, -0.2) is 0 Å². The van der Waals surface area contributed by atoms with Crippen LogP contribution in [0.4, 0.5) is 0 Å². The smallest absolute Gasteiger partial charge is 0.00761 e. The van der Waals surface area contributed by atoms with Gasteiger partial charge < -0.3 is 0 Å². The van der Waals surface area contributed by atoms with E-state index < -0.39 is 0 Å². The zero-order valence-corrected chi connectivity index (χ0v) is 12.0. The zero-order valence-electron chi connectivity index (χ0n) is 8.77. The molecule has 0 bridgehead atoms. The maximum Gasteiger partial charge on any atom is 0.00761 e. The van der Waals surface area contributed by atoms with Crippen molar-refractivity contribution in [3.05, 3.63) is 0 Å². The molecule has 0 amide bonds. The van der Waals surface area contributed by atoms with Gasteiger partial charge in [0.15, 0.2) is 0 Å². The maximum absolute atomic E-state index is 2.48. The second kappa shape index (κ2) is 5.65. The van der Waals surface area contributed by atoms with Crippen molar-refractivity contribution in [3.63, 3.8) is 0 Å². The first kappa shape index (κ1) is 11.9. The Hall–Kier alpha value is 1.40. The van der Waals surface area contributed by atoms with Gasteiger partial charge in [0.05, 0.1) is 0 Å². The summed E-state index contributed by atoms with van der Waals surface area (Å²) < 4.78 is 0. The summed E-state index contributed by atoms with van der Waals surface area (Å²) in [6.07, 6.45) is 0. The van der Waals surface area contributed by atoms with Crippen molar-refractivity contribution < 1.29 is 0 Å². The molecule has 0 nitrogen and oxygen atoms in total. The lowest BCUT2D eigenvalue weighted by molar-refractivity contribution is 0.249. The molecule has 2 rings (SSSR count). The Labute approximate surface area is 103 Å². The molecule has 2 atom stereocenters. The molecule has 2 aliphatic rings. The molecule has 0 aromatic heterocycles. The van der Waals surface area contributed by atoms with Gasteiger partial charge in [0, 0.05) is 23.0 Å². The van der Waals surface area contributed by atoms with Crippen LogP contribution < -0.4 is 0 Å². The number of rotatable bonds is 3. The minimum absolute atomic E-state index is 0.932. The van der Waals surface area contributed by atoms with Gasteiger partial charge in [-0.1, -0.05) is 57.0 Å². The van der Waals surface area contributed by atoms with Crippen LogP contribution >= 0.6 is 43.2 Å². The molecule has 0 saturated carbocycles. The van der Waals surface area contributed by atoms with Crippen molar-refractivity contribution in [1.82, 2.24) is 0 Å². The van der Waals surface area contributed by atoms with Gasteiger partial charge >= 0.3 is 0 Å². The van der Waals surface area contributed by atoms with Crippen molar-refractivity contribution in [2.75, 3.05) is 23.0 Å². The van der Waals surface area contributed by atoms with Crippen LogP contribution in [-0.4, -0.2) is 23.0 Å². The topological polar surface area (TPSA) is 0 Å². The monoisotopic (exact) mass is 266 g/mol. The molecular weight excluding hydrogens is 248 g/mol. The Kier molecular flexibility index (Phi) is 4.79. The Morgan fingerprint density at radius 3 is 1.29 bits per heavy atom. The van der Waals surface area contributed by atoms with Crippen LogP contribution in [0.5, 0.6) is 0 Å². The third kappa shape index (κ3) is 2.74. The molecule has 0 aromatic carbocycles. The van der Waals surface area contributed by atoms with Crippen LogP contribution in [0.1, 0.15) is 13.8 Å². The predicted octanol–water partition coefficient (Wildman–Crippen LogP) is 4.28. The van der Waals surface area contributed by atoms with Crippen molar-refractivity contribution in [3.8, 4) is 0 Å². The van der Waals surface area contributed by atoms with E-state index >= 15 is 0 Å². The summed E-state index contributed by atoms with van der Waals surface area (Å²) in [6, 6.07) is 0. The molecule has 2 saturated heterocycles. The number of hydrogen-bond acceptors (Lipinski definition) is 4.